The van der Waals surface area contributed by atoms with Crippen molar-refractivity contribution in [1.82, 2.24) is 5.32 Å². The highest BCUT2D eigenvalue weighted by atomic mass is 32.2. The number of amides is 1. The van der Waals surface area contributed by atoms with E-state index in [1.165, 1.54) is 21.9 Å². The van der Waals surface area contributed by atoms with Crippen molar-refractivity contribution in [3.05, 3.63) is 94.5 Å². The fourth-order valence-electron chi connectivity index (χ4n) is 4.39. The zero-order valence-corrected chi connectivity index (χ0v) is 20.2. The van der Waals surface area contributed by atoms with Crippen LogP contribution < -0.4 is 9.62 Å². The Labute approximate surface area is 196 Å². The van der Waals surface area contributed by atoms with E-state index < -0.39 is 10.0 Å². The Bertz CT molecular complexity index is 1270. The van der Waals surface area contributed by atoms with Gasteiger partial charge in [-0.05, 0) is 86.1 Å². The Morgan fingerprint density at radius 2 is 1.70 bits per heavy atom. The first kappa shape index (κ1) is 23.1. The number of fused-ring (bicyclic) bond motifs is 1. The summed E-state index contributed by atoms with van der Waals surface area (Å²) in [4.78, 5) is 13.3. The molecular formula is C27H30N2O3S. The molecule has 33 heavy (non-hydrogen) atoms. The van der Waals surface area contributed by atoms with E-state index >= 15 is 0 Å². The molecule has 3 aromatic carbocycles. The Morgan fingerprint density at radius 3 is 2.45 bits per heavy atom. The molecule has 1 amide bonds. The van der Waals surface area contributed by atoms with Crippen LogP contribution in [-0.4, -0.2) is 20.9 Å². The van der Waals surface area contributed by atoms with Crippen LogP contribution >= 0.6 is 0 Å². The molecule has 1 atom stereocenters. The number of carbonyl (C=O) groups excluding carboxylic acids is 1. The van der Waals surface area contributed by atoms with Crippen LogP contribution in [0.2, 0.25) is 0 Å². The number of nitrogens with one attached hydrogen (secondary N) is 1. The number of anilines is 1. The van der Waals surface area contributed by atoms with Gasteiger partial charge in [0.2, 0.25) is 5.91 Å². The minimum Gasteiger partial charge on any atom is -0.348 e. The summed E-state index contributed by atoms with van der Waals surface area (Å²) in [7, 11) is -3.92. The molecule has 172 valence electrons. The van der Waals surface area contributed by atoms with Crippen molar-refractivity contribution in [1.29, 1.82) is 0 Å². The number of benzene rings is 3. The van der Waals surface area contributed by atoms with Gasteiger partial charge in [0, 0.05) is 0 Å². The fraction of sp³-hybridized carbons (Fsp3) is 0.296. The zero-order valence-electron chi connectivity index (χ0n) is 19.3. The van der Waals surface area contributed by atoms with Gasteiger partial charge in [-0.15, -0.1) is 0 Å². The lowest BCUT2D eigenvalue weighted by atomic mass is 10.0. The smallest absolute Gasteiger partial charge is 0.264 e. The summed E-state index contributed by atoms with van der Waals surface area (Å²) in [6.07, 6.45) is 3.35. The van der Waals surface area contributed by atoms with Gasteiger partial charge in [0.15, 0.2) is 0 Å². The molecule has 5 nitrogen and oxygen atoms in total. The molecule has 0 unspecified atom stereocenters. The van der Waals surface area contributed by atoms with Crippen molar-refractivity contribution in [2.45, 2.75) is 51.0 Å². The molecule has 1 aliphatic rings. The average molecular weight is 463 g/mol. The van der Waals surface area contributed by atoms with Gasteiger partial charge in [0.05, 0.1) is 16.6 Å². The van der Waals surface area contributed by atoms with Gasteiger partial charge in [0.25, 0.3) is 10.0 Å². The summed E-state index contributed by atoms with van der Waals surface area (Å²) in [5.74, 6) is -0.344. The van der Waals surface area contributed by atoms with Crippen LogP contribution in [-0.2, 0) is 27.7 Å². The lowest BCUT2D eigenvalue weighted by Crippen LogP contribution is -2.42. The molecule has 1 N–H and O–H groups in total. The monoisotopic (exact) mass is 462 g/mol. The minimum absolute atomic E-state index is 0.158. The van der Waals surface area contributed by atoms with E-state index in [-0.39, 0.29) is 23.4 Å². The second kappa shape index (κ2) is 9.40. The number of rotatable bonds is 7. The maximum absolute atomic E-state index is 13.6. The highest BCUT2D eigenvalue weighted by Gasteiger charge is 2.29. The molecule has 0 saturated carbocycles. The second-order valence-electron chi connectivity index (χ2n) is 8.71. The van der Waals surface area contributed by atoms with Crippen LogP contribution in [0.1, 0.15) is 47.2 Å². The number of nitrogens with zero attached hydrogens (tertiary/aromatic N) is 1. The lowest BCUT2D eigenvalue weighted by molar-refractivity contribution is -0.120. The fourth-order valence-corrected chi connectivity index (χ4v) is 5.89. The Morgan fingerprint density at radius 1 is 0.970 bits per heavy atom. The average Bonchev–Trinajstić information content (AvgIpc) is 3.28. The molecule has 6 heteroatoms. The number of carbonyl (C=O) groups is 1. The molecular weight excluding hydrogens is 432 g/mol. The van der Waals surface area contributed by atoms with Gasteiger partial charge >= 0.3 is 0 Å². The summed E-state index contributed by atoms with van der Waals surface area (Å²) < 4.78 is 28.3. The van der Waals surface area contributed by atoms with Crippen LogP contribution in [0.25, 0.3) is 0 Å². The third-order valence-corrected chi connectivity index (χ3v) is 8.24. The van der Waals surface area contributed by atoms with Gasteiger partial charge in [-0.3, -0.25) is 9.10 Å². The van der Waals surface area contributed by atoms with E-state index in [0.29, 0.717) is 5.69 Å². The third-order valence-electron chi connectivity index (χ3n) is 6.46. The number of hydrogen-bond donors (Lipinski definition) is 1. The summed E-state index contributed by atoms with van der Waals surface area (Å²) in [5.41, 5.74) is 6.07. The summed E-state index contributed by atoms with van der Waals surface area (Å²) in [5, 5.41) is 3.00. The van der Waals surface area contributed by atoms with E-state index in [2.05, 4.69) is 23.5 Å². The molecule has 1 aliphatic carbocycles. The summed E-state index contributed by atoms with van der Waals surface area (Å²) in [6.45, 7) is 5.45. The third kappa shape index (κ3) is 4.81. The first-order chi connectivity index (χ1) is 15.8. The van der Waals surface area contributed by atoms with Crippen molar-refractivity contribution in [3.63, 3.8) is 0 Å². The molecule has 0 bridgehead atoms. The standard InChI is InChI=1S/C27H30N2O3S/c1-19-9-7-14-26(20(19)2)29(33(31,32)25-12-5-4-6-13-25)18-27(30)28-21(3)23-16-15-22-10-8-11-24(22)17-23/h4-7,9,12-17,21H,8,10-11,18H2,1-3H3,(H,28,30)/t21-/m1/s1. The van der Waals surface area contributed by atoms with Crippen LogP contribution in [0.4, 0.5) is 5.69 Å². The van der Waals surface area contributed by atoms with Crippen LogP contribution in [0.15, 0.2) is 71.6 Å². The summed E-state index contributed by atoms with van der Waals surface area (Å²) >= 11 is 0. The molecule has 0 saturated heterocycles. The number of hydrogen-bond acceptors (Lipinski definition) is 3. The van der Waals surface area contributed by atoms with Gasteiger partial charge in [-0.25, -0.2) is 8.42 Å². The molecule has 0 fully saturated rings. The number of aryl methyl sites for hydroxylation is 3. The van der Waals surface area contributed by atoms with E-state index in [9.17, 15) is 13.2 Å². The SMILES string of the molecule is Cc1cccc(N(CC(=O)N[C@H](C)c2ccc3c(c2)CCC3)S(=O)(=O)c2ccccc2)c1C. The minimum atomic E-state index is -3.92. The Kier molecular flexibility index (Phi) is 6.56. The van der Waals surface area contributed by atoms with E-state index in [1.54, 1.807) is 36.4 Å². The van der Waals surface area contributed by atoms with Crippen molar-refractivity contribution in [2.24, 2.45) is 0 Å². The predicted octanol–water partition coefficient (Wildman–Crippen LogP) is 4.86. The Balaban J connectivity index is 1.61. The molecule has 0 aliphatic heterocycles. The largest absolute Gasteiger partial charge is 0.348 e. The van der Waals surface area contributed by atoms with Crippen molar-refractivity contribution >= 4 is 21.6 Å². The first-order valence-electron chi connectivity index (χ1n) is 11.3. The molecule has 0 radical (unpaired) electrons. The first-order valence-corrected chi connectivity index (χ1v) is 12.8. The van der Waals surface area contributed by atoms with Crippen LogP contribution in [0.3, 0.4) is 0 Å². The molecule has 0 heterocycles. The molecule has 3 aromatic rings. The topological polar surface area (TPSA) is 66.5 Å². The highest BCUT2D eigenvalue weighted by Crippen LogP contribution is 2.29. The second-order valence-corrected chi connectivity index (χ2v) is 10.6. The van der Waals surface area contributed by atoms with Crippen molar-refractivity contribution in [2.75, 3.05) is 10.8 Å². The quantitative estimate of drug-likeness (QED) is 0.545. The molecule has 4 rings (SSSR count). The van der Waals surface area contributed by atoms with E-state index in [1.807, 2.05) is 32.9 Å². The molecule has 0 aromatic heterocycles. The van der Waals surface area contributed by atoms with Gasteiger partial charge in [-0.2, -0.15) is 0 Å². The number of sulfonamides is 1. The highest BCUT2D eigenvalue weighted by molar-refractivity contribution is 7.92. The van der Waals surface area contributed by atoms with Gasteiger partial charge in [-0.1, -0.05) is 48.5 Å². The maximum Gasteiger partial charge on any atom is 0.264 e. The van der Waals surface area contributed by atoms with Crippen molar-refractivity contribution in [3.8, 4) is 0 Å². The van der Waals surface area contributed by atoms with Gasteiger partial charge < -0.3 is 5.32 Å². The van der Waals surface area contributed by atoms with E-state index in [0.717, 1.165) is 29.5 Å². The molecule has 0 spiro atoms. The van der Waals surface area contributed by atoms with Crippen LogP contribution in [0, 0.1) is 13.8 Å². The van der Waals surface area contributed by atoms with E-state index in [4.69, 9.17) is 0 Å². The lowest BCUT2D eigenvalue weighted by Gasteiger charge is -2.27. The maximum atomic E-state index is 13.6. The van der Waals surface area contributed by atoms with Crippen molar-refractivity contribution < 1.29 is 13.2 Å². The Hall–Kier alpha value is -3.12. The van der Waals surface area contributed by atoms with Crippen LogP contribution in [0.5, 0.6) is 0 Å². The normalized spacial score (nSPS) is 13.9. The zero-order chi connectivity index (χ0) is 23.6. The van der Waals surface area contributed by atoms with Gasteiger partial charge in [0.1, 0.15) is 6.54 Å². The summed E-state index contributed by atoms with van der Waals surface area (Å²) in [6, 6.07) is 19.9. The predicted molar refractivity (Wildman–Crippen MR) is 132 cm³/mol.